The number of rotatable bonds is 6. The number of hydrogen-bond acceptors (Lipinski definition) is 4. The zero-order valence-electron chi connectivity index (χ0n) is 11.4. The fourth-order valence-electron chi connectivity index (χ4n) is 2.12. The van der Waals surface area contributed by atoms with E-state index in [1.165, 1.54) is 0 Å². The second-order valence-corrected chi connectivity index (χ2v) is 6.57. The van der Waals surface area contributed by atoms with Crippen LogP contribution in [0.3, 0.4) is 0 Å². The molecular weight excluding hydrogens is 274 g/mol. The van der Waals surface area contributed by atoms with Crippen LogP contribution in [-0.4, -0.2) is 35.0 Å². The topological polar surface area (TPSA) is 59.3 Å². The van der Waals surface area contributed by atoms with Crippen LogP contribution in [0.15, 0.2) is 24.3 Å². The summed E-state index contributed by atoms with van der Waals surface area (Å²) in [4.78, 5) is 0. The molecule has 1 aromatic rings. The summed E-state index contributed by atoms with van der Waals surface area (Å²) in [6.07, 6.45) is 2.59. The van der Waals surface area contributed by atoms with E-state index < -0.39 is 10.8 Å². The van der Waals surface area contributed by atoms with Crippen LogP contribution in [0, 0.1) is 11.3 Å². The number of benzene rings is 1. The van der Waals surface area contributed by atoms with Gasteiger partial charge in [-0.25, -0.2) is 0 Å². The minimum atomic E-state index is -0.772. The third kappa shape index (κ3) is 4.62. The fourth-order valence-corrected chi connectivity index (χ4v) is 3.58. The molecule has 0 bridgehead atoms. The van der Waals surface area contributed by atoms with Gasteiger partial charge in [-0.15, -0.1) is 0 Å². The predicted octanol–water partition coefficient (Wildman–Crippen LogP) is 2.25. The van der Waals surface area contributed by atoms with Crippen LogP contribution in [0.2, 0.25) is 0 Å². The molecule has 1 aliphatic rings. The van der Waals surface area contributed by atoms with Crippen molar-refractivity contribution < 1.29 is 13.7 Å². The van der Waals surface area contributed by atoms with E-state index in [0.717, 1.165) is 38.2 Å². The maximum absolute atomic E-state index is 12.1. The summed E-state index contributed by atoms with van der Waals surface area (Å²) in [5.74, 6) is 1.43. The van der Waals surface area contributed by atoms with Gasteiger partial charge in [0.15, 0.2) is 0 Å². The van der Waals surface area contributed by atoms with Gasteiger partial charge in [-0.1, -0.05) is 0 Å². The van der Waals surface area contributed by atoms with Gasteiger partial charge in [0.05, 0.1) is 18.2 Å². The summed E-state index contributed by atoms with van der Waals surface area (Å²) >= 11 is 0. The molecule has 0 amide bonds. The SMILES string of the molecule is N#Cc1ccc(OCCCS(=O)C2CCOCC2)cc1. The normalized spacial score (nSPS) is 17.4. The van der Waals surface area contributed by atoms with Gasteiger partial charge >= 0.3 is 0 Å². The Balaban J connectivity index is 1.65. The summed E-state index contributed by atoms with van der Waals surface area (Å²) in [5, 5.41) is 8.98. The smallest absolute Gasteiger partial charge is 0.119 e. The van der Waals surface area contributed by atoms with Crippen LogP contribution in [-0.2, 0) is 15.5 Å². The average molecular weight is 293 g/mol. The molecule has 1 unspecified atom stereocenters. The molecule has 5 heteroatoms. The third-order valence-corrected chi connectivity index (χ3v) is 5.19. The Morgan fingerprint density at radius 3 is 2.65 bits per heavy atom. The fraction of sp³-hybridized carbons (Fsp3) is 0.533. The number of nitriles is 1. The average Bonchev–Trinajstić information content (AvgIpc) is 2.53. The van der Waals surface area contributed by atoms with E-state index in [2.05, 4.69) is 6.07 Å². The van der Waals surface area contributed by atoms with E-state index in [1.807, 2.05) is 0 Å². The molecule has 20 heavy (non-hydrogen) atoms. The van der Waals surface area contributed by atoms with E-state index >= 15 is 0 Å². The van der Waals surface area contributed by atoms with Crippen LogP contribution in [0.1, 0.15) is 24.8 Å². The first kappa shape index (κ1) is 15.0. The molecule has 0 spiro atoms. The summed E-state index contributed by atoms with van der Waals surface area (Å²) in [6, 6.07) is 9.10. The molecule has 108 valence electrons. The van der Waals surface area contributed by atoms with Crippen molar-refractivity contribution in [3.05, 3.63) is 29.8 Å². The summed E-state index contributed by atoms with van der Waals surface area (Å²) in [6.45, 7) is 2.02. The monoisotopic (exact) mass is 293 g/mol. The molecule has 1 aromatic carbocycles. The summed E-state index contributed by atoms with van der Waals surface area (Å²) in [5.41, 5.74) is 0.623. The molecule has 1 fully saturated rings. The lowest BCUT2D eigenvalue weighted by Crippen LogP contribution is -2.26. The second kappa shape index (κ2) is 8.03. The van der Waals surface area contributed by atoms with Crippen molar-refractivity contribution in [2.45, 2.75) is 24.5 Å². The van der Waals surface area contributed by atoms with Crippen molar-refractivity contribution in [3.8, 4) is 11.8 Å². The molecule has 0 aliphatic carbocycles. The van der Waals surface area contributed by atoms with Crippen molar-refractivity contribution >= 4 is 10.8 Å². The predicted molar refractivity (Wildman–Crippen MR) is 78.1 cm³/mol. The first-order valence-corrected chi connectivity index (χ1v) is 8.25. The first-order chi connectivity index (χ1) is 9.79. The first-order valence-electron chi connectivity index (χ1n) is 6.87. The van der Waals surface area contributed by atoms with E-state index in [1.54, 1.807) is 24.3 Å². The van der Waals surface area contributed by atoms with Crippen LogP contribution in [0.5, 0.6) is 5.75 Å². The quantitative estimate of drug-likeness (QED) is 0.755. The Kier molecular flexibility index (Phi) is 6.03. The van der Waals surface area contributed by atoms with Gasteiger partial charge in [-0.3, -0.25) is 4.21 Å². The van der Waals surface area contributed by atoms with Gasteiger partial charge < -0.3 is 9.47 Å². The van der Waals surface area contributed by atoms with Crippen LogP contribution in [0.4, 0.5) is 0 Å². The molecule has 2 rings (SSSR count). The van der Waals surface area contributed by atoms with E-state index in [9.17, 15) is 4.21 Å². The van der Waals surface area contributed by atoms with Gasteiger partial charge in [-0.05, 0) is 43.5 Å². The van der Waals surface area contributed by atoms with Gasteiger partial charge in [-0.2, -0.15) is 5.26 Å². The zero-order valence-corrected chi connectivity index (χ0v) is 12.2. The molecular formula is C15H19NO3S. The van der Waals surface area contributed by atoms with E-state index in [-0.39, 0.29) is 0 Å². The van der Waals surface area contributed by atoms with Crippen LogP contribution >= 0.6 is 0 Å². The lowest BCUT2D eigenvalue weighted by atomic mass is 10.2. The summed E-state index contributed by atoms with van der Waals surface area (Å²) in [7, 11) is -0.772. The highest BCUT2D eigenvalue weighted by molar-refractivity contribution is 7.85. The third-order valence-electron chi connectivity index (χ3n) is 3.28. The van der Waals surface area contributed by atoms with E-state index in [4.69, 9.17) is 14.7 Å². The zero-order chi connectivity index (χ0) is 14.2. The molecule has 4 nitrogen and oxygen atoms in total. The van der Waals surface area contributed by atoms with Crippen LogP contribution in [0.25, 0.3) is 0 Å². The molecule has 0 radical (unpaired) electrons. The molecule has 0 N–H and O–H groups in total. The summed E-state index contributed by atoms with van der Waals surface area (Å²) < 4.78 is 22.9. The minimum absolute atomic E-state index is 0.290. The standard InChI is InChI=1S/C15H19NO3S/c16-12-13-2-4-14(5-3-13)19-8-1-11-20(17)15-6-9-18-10-7-15/h2-5,15H,1,6-11H2. The maximum Gasteiger partial charge on any atom is 0.119 e. The highest BCUT2D eigenvalue weighted by atomic mass is 32.2. The molecule has 1 atom stereocenters. The van der Waals surface area contributed by atoms with Crippen molar-refractivity contribution in [1.82, 2.24) is 0 Å². The lowest BCUT2D eigenvalue weighted by molar-refractivity contribution is 0.0992. The highest BCUT2D eigenvalue weighted by Crippen LogP contribution is 2.15. The molecule has 1 aliphatic heterocycles. The van der Waals surface area contributed by atoms with Gasteiger partial charge in [0.2, 0.25) is 0 Å². The Labute approximate surface area is 122 Å². The molecule has 0 saturated carbocycles. The van der Waals surface area contributed by atoms with Crippen molar-refractivity contribution in [2.24, 2.45) is 0 Å². The maximum atomic E-state index is 12.1. The van der Waals surface area contributed by atoms with Gasteiger partial charge in [0.1, 0.15) is 5.75 Å². The van der Waals surface area contributed by atoms with E-state index in [0.29, 0.717) is 23.2 Å². The number of nitrogens with zero attached hydrogens (tertiary/aromatic N) is 1. The second-order valence-electron chi connectivity index (χ2n) is 4.73. The molecule has 1 saturated heterocycles. The Morgan fingerprint density at radius 1 is 1.30 bits per heavy atom. The Morgan fingerprint density at radius 2 is 2.00 bits per heavy atom. The van der Waals surface area contributed by atoms with Gasteiger partial charge in [0, 0.05) is 35.0 Å². The number of hydrogen-bond donors (Lipinski definition) is 0. The van der Waals surface area contributed by atoms with Crippen molar-refractivity contribution in [2.75, 3.05) is 25.6 Å². The van der Waals surface area contributed by atoms with Crippen molar-refractivity contribution in [1.29, 1.82) is 5.26 Å². The van der Waals surface area contributed by atoms with Gasteiger partial charge in [0.25, 0.3) is 0 Å². The molecule has 1 heterocycles. The van der Waals surface area contributed by atoms with Crippen molar-refractivity contribution in [3.63, 3.8) is 0 Å². The molecule has 0 aromatic heterocycles. The Hall–Kier alpha value is -1.38. The lowest BCUT2D eigenvalue weighted by Gasteiger charge is -2.21. The highest BCUT2D eigenvalue weighted by Gasteiger charge is 2.19. The Bertz CT molecular complexity index is 475. The van der Waals surface area contributed by atoms with Crippen LogP contribution < -0.4 is 4.74 Å². The largest absolute Gasteiger partial charge is 0.494 e. The minimum Gasteiger partial charge on any atom is -0.494 e. The number of ether oxygens (including phenoxy) is 2.